The minimum atomic E-state index is 0.391. The van der Waals surface area contributed by atoms with Gasteiger partial charge in [-0.15, -0.1) is 0 Å². The lowest BCUT2D eigenvalue weighted by Crippen LogP contribution is -1.97. The average Bonchev–Trinajstić information content (AvgIpc) is 2.71. The molecule has 7 nitrogen and oxygen atoms in total. The molecular weight excluding hydrogens is 340 g/mol. The molecule has 0 aliphatic rings. The minimum absolute atomic E-state index is 0.391. The zero-order valence-electron chi connectivity index (χ0n) is 15.4. The van der Waals surface area contributed by atoms with Crippen molar-refractivity contribution in [2.45, 2.75) is 0 Å². The second kappa shape index (κ2) is 10.6. The van der Waals surface area contributed by atoms with Crippen LogP contribution >= 0.6 is 0 Å². The Kier molecular flexibility index (Phi) is 8.49. The number of carbonyl (C=O) groups excluding carboxylic acids is 2. The normalized spacial score (nSPS) is 9.27. The van der Waals surface area contributed by atoms with Gasteiger partial charge in [-0.05, 0) is 24.3 Å². The molecule has 140 valence electrons. The molecular formula is C19H22O7. The van der Waals surface area contributed by atoms with Crippen molar-refractivity contribution < 1.29 is 33.3 Å². The molecule has 2 rings (SSSR count). The first-order chi connectivity index (χ1) is 12.6. The summed E-state index contributed by atoms with van der Waals surface area (Å²) < 4.78 is 25.2. The highest BCUT2D eigenvalue weighted by atomic mass is 16.5. The van der Waals surface area contributed by atoms with E-state index in [4.69, 9.17) is 23.7 Å². The Bertz CT molecular complexity index is 741. The van der Waals surface area contributed by atoms with Crippen LogP contribution in [0.25, 0.3) is 0 Å². The number of ether oxygens (including phenoxy) is 5. The van der Waals surface area contributed by atoms with E-state index >= 15 is 0 Å². The summed E-state index contributed by atoms with van der Waals surface area (Å²) in [4.78, 5) is 21.2. The molecule has 0 bridgehead atoms. The van der Waals surface area contributed by atoms with Crippen LogP contribution in [0.3, 0.4) is 0 Å². The second-order valence-corrected chi connectivity index (χ2v) is 4.74. The highest BCUT2D eigenvalue weighted by molar-refractivity contribution is 5.82. The van der Waals surface area contributed by atoms with E-state index in [-0.39, 0.29) is 0 Å². The summed E-state index contributed by atoms with van der Waals surface area (Å²) in [7, 11) is 7.54. The van der Waals surface area contributed by atoms with Gasteiger partial charge >= 0.3 is 0 Å². The fourth-order valence-corrected chi connectivity index (χ4v) is 2.22. The van der Waals surface area contributed by atoms with Gasteiger partial charge in [0.2, 0.25) is 5.75 Å². The summed E-state index contributed by atoms with van der Waals surface area (Å²) in [6, 6.07) is 8.43. The predicted octanol–water partition coefficient (Wildman–Crippen LogP) is 3.04. The lowest BCUT2D eigenvalue weighted by Gasteiger charge is -2.12. The van der Waals surface area contributed by atoms with Crippen molar-refractivity contribution in [1.82, 2.24) is 0 Å². The van der Waals surface area contributed by atoms with Crippen LogP contribution in [-0.2, 0) is 0 Å². The minimum Gasteiger partial charge on any atom is -0.493 e. The van der Waals surface area contributed by atoms with E-state index in [1.54, 1.807) is 30.3 Å². The lowest BCUT2D eigenvalue weighted by atomic mass is 10.2. The van der Waals surface area contributed by atoms with Crippen molar-refractivity contribution in [3.8, 4) is 28.7 Å². The zero-order valence-corrected chi connectivity index (χ0v) is 15.4. The third-order valence-corrected chi connectivity index (χ3v) is 3.42. The van der Waals surface area contributed by atoms with Crippen LogP contribution in [0.2, 0.25) is 0 Å². The third kappa shape index (κ3) is 4.66. The first kappa shape index (κ1) is 20.8. The maximum absolute atomic E-state index is 10.7. The molecule has 26 heavy (non-hydrogen) atoms. The Morgan fingerprint density at radius 2 is 1.08 bits per heavy atom. The van der Waals surface area contributed by atoms with Gasteiger partial charge in [-0.3, -0.25) is 9.59 Å². The Hall–Kier alpha value is -3.22. The fraction of sp³-hybridized carbons (Fsp3) is 0.263. The van der Waals surface area contributed by atoms with Crippen molar-refractivity contribution in [3.63, 3.8) is 0 Å². The van der Waals surface area contributed by atoms with Crippen molar-refractivity contribution in [3.05, 3.63) is 41.5 Å². The molecule has 0 aliphatic heterocycles. The van der Waals surface area contributed by atoms with Gasteiger partial charge in [0.05, 0.1) is 46.7 Å². The number of hydrogen-bond acceptors (Lipinski definition) is 7. The molecule has 7 heteroatoms. The van der Waals surface area contributed by atoms with E-state index in [1.807, 2.05) is 0 Å². The second-order valence-electron chi connectivity index (χ2n) is 4.74. The summed E-state index contributed by atoms with van der Waals surface area (Å²) in [5.41, 5.74) is 0.932. The maximum atomic E-state index is 10.7. The van der Waals surface area contributed by atoms with Gasteiger partial charge in [0.1, 0.15) is 0 Å². The van der Waals surface area contributed by atoms with Crippen LogP contribution < -0.4 is 23.7 Å². The van der Waals surface area contributed by atoms with Gasteiger partial charge in [0.15, 0.2) is 35.6 Å². The molecule has 0 aromatic heterocycles. The summed E-state index contributed by atoms with van der Waals surface area (Å²) in [5.74, 6) is 2.41. The molecule has 0 saturated heterocycles. The van der Waals surface area contributed by atoms with E-state index in [9.17, 15) is 9.59 Å². The van der Waals surface area contributed by atoms with Gasteiger partial charge in [0, 0.05) is 0 Å². The molecule has 0 radical (unpaired) electrons. The first-order valence-electron chi connectivity index (χ1n) is 7.52. The Balaban J connectivity index is 0.000000263. The van der Waals surface area contributed by atoms with E-state index < -0.39 is 0 Å². The molecule has 0 amide bonds. The third-order valence-electron chi connectivity index (χ3n) is 3.42. The number of benzene rings is 2. The largest absolute Gasteiger partial charge is 0.493 e. The van der Waals surface area contributed by atoms with Gasteiger partial charge in [0.25, 0.3) is 0 Å². The van der Waals surface area contributed by atoms with Crippen LogP contribution in [0.15, 0.2) is 30.3 Å². The maximum Gasteiger partial charge on any atom is 0.204 e. The monoisotopic (exact) mass is 362 g/mol. The molecule has 0 heterocycles. The van der Waals surface area contributed by atoms with Gasteiger partial charge in [-0.1, -0.05) is 6.07 Å². The van der Waals surface area contributed by atoms with E-state index in [1.165, 1.54) is 35.5 Å². The first-order valence-corrected chi connectivity index (χ1v) is 7.52. The van der Waals surface area contributed by atoms with Crippen molar-refractivity contribution in [2.75, 3.05) is 35.5 Å². The highest BCUT2D eigenvalue weighted by Gasteiger charge is 2.14. The summed E-state index contributed by atoms with van der Waals surface area (Å²) >= 11 is 0. The summed E-state index contributed by atoms with van der Waals surface area (Å²) in [5, 5.41) is 0. The van der Waals surface area contributed by atoms with E-state index in [0.29, 0.717) is 46.2 Å². The molecule has 0 fully saturated rings. The SMILES string of the molecule is COc1ccc(C=O)c(OC)c1OC.COc1cccc(C=O)c1OC. The van der Waals surface area contributed by atoms with E-state index in [2.05, 4.69) is 0 Å². The number of aldehydes is 2. The number of para-hydroxylation sites is 1. The number of carbonyl (C=O) groups is 2. The van der Waals surface area contributed by atoms with Crippen molar-refractivity contribution in [2.24, 2.45) is 0 Å². The number of hydrogen-bond donors (Lipinski definition) is 0. The molecule has 0 saturated carbocycles. The Morgan fingerprint density at radius 3 is 1.54 bits per heavy atom. The number of methoxy groups -OCH3 is 5. The average molecular weight is 362 g/mol. The Labute approximate surface area is 152 Å². The number of rotatable bonds is 7. The molecule has 0 aliphatic carbocycles. The van der Waals surface area contributed by atoms with Crippen LogP contribution in [0.5, 0.6) is 28.7 Å². The summed E-state index contributed by atoms with van der Waals surface area (Å²) in [6.07, 6.45) is 1.45. The topological polar surface area (TPSA) is 80.3 Å². The molecule has 2 aromatic rings. The molecule has 0 N–H and O–H groups in total. The van der Waals surface area contributed by atoms with Crippen LogP contribution in [-0.4, -0.2) is 48.1 Å². The zero-order chi connectivity index (χ0) is 19.5. The van der Waals surface area contributed by atoms with Gasteiger partial charge in [-0.2, -0.15) is 0 Å². The van der Waals surface area contributed by atoms with Gasteiger partial charge in [-0.25, -0.2) is 0 Å². The smallest absolute Gasteiger partial charge is 0.204 e. The van der Waals surface area contributed by atoms with E-state index in [0.717, 1.165) is 6.29 Å². The molecule has 0 atom stereocenters. The lowest BCUT2D eigenvalue weighted by molar-refractivity contribution is 0.111. The fourth-order valence-electron chi connectivity index (χ4n) is 2.22. The quantitative estimate of drug-likeness (QED) is 0.700. The molecule has 0 unspecified atom stereocenters. The molecule has 0 spiro atoms. The standard InChI is InChI=1S/C10H12O4.C9H10O3/c1-12-8-5-4-7(6-11)9(13-2)10(8)14-3;1-11-8-5-3-4-7(6-10)9(8)12-2/h4-6H,1-3H3;3-6H,1-2H3. The predicted molar refractivity (Wildman–Crippen MR) is 96.4 cm³/mol. The van der Waals surface area contributed by atoms with Crippen molar-refractivity contribution in [1.29, 1.82) is 0 Å². The highest BCUT2D eigenvalue weighted by Crippen LogP contribution is 2.38. The van der Waals surface area contributed by atoms with Crippen molar-refractivity contribution >= 4 is 12.6 Å². The van der Waals surface area contributed by atoms with Crippen LogP contribution in [0, 0.1) is 0 Å². The molecule has 2 aromatic carbocycles. The Morgan fingerprint density at radius 1 is 0.577 bits per heavy atom. The van der Waals surface area contributed by atoms with Crippen LogP contribution in [0.1, 0.15) is 20.7 Å². The summed E-state index contributed by atoms with van der Waals surface area (Å²) in [6.45, 7) is 0. The van der Waals surface area contributed by atoms with Gasteiger partial charge < -0.3 is 23.7 Å². The van der Waals surface area contributed by atoms with Crippen LogP contribution in [0.4, 0.5) is 0 Å².